The molecule has 0 amide bonds. The van der Waals surface area contributed by atoms with Crippen molar-refractivity contribution in [3.8, 4) is 11.4 Å². The van der Waals surface area contributed by atoms with Crippen LogP contribution in [0.15, 0.2) is 49.1 Å². The molecule has 2 heterocycles. The lowest BCUT2D eigenvalue weighted by Gasteiger charge is -2.11. The van der Waals surface area contributed by atoms with Crippen molar-refractivity contribution in [2.24, 2.45) is 0 Å². The molecule has 0 aliphatic heterocycles. The van der Waals surface area contributed by atoms with Crippen LogP contribution in [-0.2, 0) is 6.61 Å². The van der Waals surface area contributed by atoms with Gasteiger partial charge < -0.3 is 5.11 Å². The third-order valence-electron chi connectivity index (χ3n) is 3.05. The van der Waals surface area contributed by atoms with Crippen LogP contribution in [-0.4, -0.2) is 24.4 Å². The SMILES string of the molecule is Cc1nc(-c2ccccc2)n(-n2ccnc2)c1CO. The van der Waals surface area contributed by atoms with Crippen LogP contribution in [0, 0.1) is 6.92 Å². The summed E-state index contributed by atoms with van der Waals surface area (Å²) in [6.07, 6.45) is 5.21. The van der Waals surface area contributed by atoms with Crippen molar-refractivity contribution in [2.75, 3.05) is 0 Å². The Hall–Kier alpha value is -2.40. The molecule has 0 bridgehead atoms. The molecule has 0 saturated carbocycles. The summed E-state index contributed by atoms with van der Waals surface area (Å²) in [6, 6.07) is 9.90. The molecule has 0 spiro atoms. The molecule has 0 saturated heterocycles. The highest BCUT2D eigenvalue weighted by Gasteiger charge is 2.16. The third kappa shape index (κ3) is 1.94. The van der Waals surface area contributed by atoms with Crippen molar-refractivity contribution in [3.63, 3.8) is 0 Å². The van der Waals surface area contributed by atoms with E-state index in [0.29, 0.717) is 0 Å². The molecule has 0 radical (unpaired) electrons. The zero-order valence-electron chi connectivity index (χ0n) is 10.6. The van der Waals surface area contributed by atoms with E-state index in [-0.39, 0.29) is 6.61 Å². The Kier molecular flexibility index (Phi) is 2.89. The van der Waals surface area contributed by atoms with Gasteiger partial charge in [-0.1, -0.05) is 30.3 Å². The van der Waals surface area contributed by atoms with Gasteiger partial charge in [-0.2, -0.15) is 0 Å². The van der Waals surface area contributed by atoms with Gasteiger partial charge in [0.15, 0.2) is 5.82 Å². The number of aromatic nitrogens is 4. The lowest BCUT2D eigenvalue weighted by atomic mass is 10.2. The molecule has 0 fully saturated rings. The fourth-order valence-corrected chi connectivity index (χ4v) is 2.13. The van der Waals surface area contributed by atoms with Gasteiger partial charge in [-0.25, -0.2) is 19.3 Å². The highest BCUT2D eigenvalue weighted by atomic mass is 16.3. The second-order valence-corrected chi connectivity index (χ2v) is 4.25. The largest absolute Gasteiger partial charge is 0.390 e. The van der Waals surface area contributed by atoms with Crippen molar-refractivity contribution in [1.82, 2.24) is 19.3 Å². The van der Waals surface area contributed by atoms with Gasteiger partial charge in [0.25, 0.3) is 0 Å². The number of aryl methyl sites for hydroxylation is 1. The molecular weight excluding hydrogens is 240 g/mol. The van der Waals surface area contributed by atoms with Crippen molar-refractivity contribution < 1.29 is 5.11 Å². The van der Waals surface area contributed by atoms with E-state index in [2.05, 4.69) is 9.97 Å². The van der Waals surface area contributed by atoms with E-state index in [1.807, 2.05) is 52.8 Å². The molecule has 0 unspecified atom stereocenters. The van der Waals surface area contributed by atoms with Gasteiger partial charge in [0.05, 0.1) is 18.0 Å². The summed E-state index contributed by atoms with van der Waals surface area (Å²) in [5, 5.41) is 9.56. The quantitative estimate of drug-likeness (QED) is 0.776. The molecule has 0 atom stereocenters. The van der Waals surface area contributed by atoms with E-state index >= 15 is 0 Å². The average molecular weight is 254 g/mol. The van der Waals surface area contributed by atoms with Crippen LogP contribution in [0.1, 0.15) is 11.4 Å². The number of rotatable bonds is 3. The van der Waals surface area contributed by atoms with Gasteiger partial charge in [-0.15, -0.1) is 0 Å². The van der Waals surface area contributed by atoms with Crippen LogP contribution in [0.4, 0.5) is 0 Å². The van der Waals surface area contributed by atoms with Gasteiger partial charge >= 0.3 is 0 Å². The molecular formula is C14H14N4O. The number of imidazole rings is 2. The Morgan fingerprint density at radius 2 is 2.00 bits per heavy atom. The fourth-order valence-electron chi connectivity index (χ4n) is 2.13. The zero-order chi connectivity index (χ0) is 13.2. The van der Waals surface area contributed by atoms with Crippen LogP contribution in [0.25, 0.3) is 11.4 Å². The van der Waals surface area contributed by atoms with E-state index in [0.717, 1.165) is 22.8 Å². The number of aliphatic hydroxyl groups excluding tert-OH is 1. The topological polar surface area (TPSA) is 55.9 Å². The molecule has 96 valence electrons. The third-order valence-corrected chi connectivity index (χ3v) is 3.05. The van der Waals surface area contributed by atoms with E-state index < -0.39 is 0 Å². The molecule has 0 aliphatic rings. The Bertz CT molecular complexity index is 671. The molecule has 19 heavy (non-hydrogen) atoms. The predicted molar refractivity (Wildman–Crippen MR) is 71.3 cm³/mol. The van der Waals surface area contributed by atoms with Crippen molar-refractivity contribution in [1.29, 1.82) is 0 Å². The number of benzene rings is 1. The van der Waals surface area contributed by atoms with Crippen LogP contribution in [0.5, 0.6) is 0 Å². The Labute approximate surface area is 110 Å². The van der Waals surface area contributed by atoms with Crippen LogP contribution >= 0.6 is 0 Å². The smallest absolute Gasteiger partial charge is 0.159 e. The minimum atomic E-state index is -0.0656. The molecule has 2 aromatic heterocycles. The van der Waals surface area contributed by atoms with Gasteiger partial charge in [0, 0.05) is 18.0 Å². The van der Waals surface area contributed by atoms with Gasteiger partial charge in [0.2, 0.25) is 0 Å². The van der Waals surface area contributed by atoms with Crippen LogP contribution in [0.2, 0.25) is 0 Å². The van der Waals surface area contributed by atoms with Crippen molar-refractivity contribution in [2.45, 2.75) is 13.5 Å². The highest BCUT2D eigenvalue weighted by molar-refractivity contribution is 5.56. The summed E-state index contributed by atoms with van der Waals surface area (Å²) < 4.78 is 3.69. The first-order chi connectivity index (χ1) is 9.31. The minimum Gasteiger partial charge on any atom is -0.390 e. The standard InChI is InChI=1S/C14H14N4O/c1-11-13(9-19)18(17-8-7-15-10-17)14(16-11)12-5-3-2-4-6-12/h2-8,10,19H,9H2,1H3. The van der Waals surface area contributed by atoms with E-state index in [4.69, 9.17) is 0 Å². The first kappa shape index (κ1) is 11.7. The molecule has 1 N–H and O–H groups in total. The maximum atomic E-state index is 9.56. The van der Waals surface area contributed by atoms with Gasteiger partial charge in [-0.05, 0) is 6.92 Å². The average Bonchev–Trinajstić information content (AvgIpc) is 3.06. The second kappa shape index (κ2) is 4.70. The van der Waals surface area contributed by atoms with E-state index in [1.54, 1.807) is 12.5 Å². The summed E-state index contributed by atoms with van der Waals surface area (Å²) in [5.74, 6) is 0.792. The molecule has 3 aromatic rings. The summed E-state index contributed by atoms with van der Waals surface area (Å²) in [4.78, 5) is 8.61. The van der Waals surface area contributed by atoms with Crippen molar-refractivity contribution in [3.05, 3.63) is 60.4 Å². The van der Waals surface area contributed by atoms with E-state index in [9.17, 15) is 5.11 Å². The maximum absolute atomic E-state index is 9.56. The van der Waals surface area contributed by atoms with Gasteiger partial charge in [0.1, 0.15) is 6.33 Å². The Morgan fingerprint density at radius 3 is 2.63 bits per heavy atom. The lowest BCUT2D eigenvalue weighted by molar-refractivity contribution is 0.268. The molecule has 5 heteroatoms. The van der Waals surface area contributed by atoms with Gasteiger partial charge in [-0.3, -0.25) is 0 Å². The minimum absolute atomic E-state index is 0.0656. The first-order valence-electron chi connectivity index (χ1n) is 6.04. The number of hydrogen-bond donors (Lipinski definition) is 1. The lowest BCUT2D eigenvalue weighted by Crippen LogP contribution is -2.12. The van der Waals surface area contributed by atoms with Crippen LogP contribution in [0.3, 0.4) is 0 Å². The fraction of sp³-hybridized carbons (Fsp3) is 0.143. The Balaban J connectivity index is 2.26. The maximum Gasteiger partial charge on any atom is 0.159 e. The number of hydrogen-bond acceptors (Lipinski definition) is 3. The second-order valence-electron chi connectivity index (χ2n) is 4.25. The Morgan fingerprint density at radius 1 is 1.21 bits per heavy atom. The molecule has 3 rings (SSSR count). The first-order valence-corrected chi connectivity index (χ1v) is 6.04. The zero-order valence-corrected chi connectivity index (χ0v) is 10.6. The molecule has 1 aromatic carbocycles. The summed E-state index contributed by atoms with van der Waals surface area (Å²) in [5.41, 5.74) is 2.57. The number of aliphatic hydroxyl groups is 1. The number of nitrogens with zero attached hydrogens (tertiary/aromatic N) is 4. The monoisotopic (exact) mass is 254 g/mol. The van der Waals surface area contributed by atoms with Crippen LogP contribution < -0.4 is 0 Å². The molecule has 5 nitrogen and oxygen atoms in total. The van der Waals surface area contributed by atoms with Crippen molar-refractivity contribution >= 4 is 0 Å². The summed E-state index contributed by atoms with van der Waals surface area (Å²) in [7, 11) is 0. The summed E-state index contributed by atoms with van der Waals surface area (Å²) in [6.45, 7) is 1.83. The predicted octanol–water partition coefficient (Wildman–Crippen LogP) is 1.86. The summed E-state index contributed by atoms with van der Waals surface area (Å²) >= 11 is 0. The molecule has 0 aliphatic carbocycles. The highest BCUT2D eigenvalue weighted by Crippen LogP contribution is 2.22. The normalized spacial score (nSPS) is 10.8. The van der Waals surface area contributed by atoms with E-state index in [1.165, 1.54) is 0 Å².